The zero-order valence-electron chi connectivity index (χ0n) is 19.8. The SMILES string of the molecule is c1ccc(N(c2ccccc2)c2cccc3ccc4c5ccccc5n(-c5ccccc5)c4c23)cc1. The molecule has 36 heavy (non-hydrogen) atoms. The van der Waals surface area contributed by atoms with Gasteiger partial charge < -0.3 is 9.47 Å². The van der Waals surface area contributed by atoms with E-state index in [1.165, 1.54) is 32.6 Å². The monoisotopic (exact) mass is 460 g/mol. The summed E-state index contributed by atoms with van der Waals surface area (Å²) in [5, 5.41) is 4.98. The summed E-state index contributed by atoms with van der Waals surface area (Å²) in [5.41, 5.74) is 7.04. The van der Waals surface area contributed by atoms with Crippen LogP contribution in [0.4, 0.5) is 17.1 Å². The molecule has 1 aromatic heterocycles. The van der Waals surface area contributed by atoms with Crippen LogP contribution in [0.5, 0.6) is 0 Å². The molecule has 0 spiro atoms. The van der Waals surface area contributed by atoms with Crippen molar-refractivity contribution in [3.8, 4) is 5.69 Å². The molecule has 0 aliphatic rings. The van der Waals surface area contributed by atoms with Crippen molar-refractivity contribution >= 4 is 49.6 Å². The first-order valence-electron chi connectivity index (χ1n) is 12.3. The number of anilines is 3. The predicted molar refractivity (Wildman–Crippen MR) is 153 cm³/mol. The van der Waals surface area contributed by atoms with Gasteiger partial charge in [0.25, 0.3) is 0 Å². The van der Waals surface area contributed by atoms with Crippen molar-refractivity contribution in [3.63, 3.8) is 0 Å². The zero-order valence-corrected chi connectivity index (χ0v) is 19.8. The zero-order chi connectivity index (χ0) is 23.9. The van der Waals surface area contributed by atoms with Crippen LogP contribution in [0.3, 0.4) is 0 Å². The summed E-state index contributed by atoms with van der Waals surface area (Å²) in [6.45, 7) is 0. The van der Waals surface area contributed by atoms with Crippen LogP contribution in [0.25, 0.3) is 38.3 Å². The molecule has 0 saturated heterocycles. The van der Waals surface area contributed by atoms with Gasteiger partial charge in [-0.25, -0.2) is 0 Å². The van der Waals surface area contributed by atoms with Crippen molar-refractivity contribution in [2.24, 2.45) is 0 Å². The molecule has 2 nitrogen and oxygen atoms in total. The van der Waals surface area contributed by atoms with Crippen LogP contribution in [-0.2, 0) is 0 Å². The van der Waals surface area contributed by atoms with E-state index in [4.69, 9.17) is 0 Å². The Balaban J connectivity index is 1.67. The number of hydrogen-bond acceptors (Lipinski definition) is 1. The normalized spacial score (nSPS) is 11.3. The largest absolute Gasteiger partial charge is 0.310 e. The van der Waals surface area contributed by atoms with Gasteiger partial charge in [-0.1, -0.05) is 97.1 Å². The molecular formula is C34H24N2. The summed E-state index contributed by atoms with van der Waals surface area (Å²) in [7, 11) is 0. The number of nitrogens with zero attached hydrogens (tertiary/aromatic N) is 2. The summed E-state index contributed by atoms with van der Waals surface area (Å²) in [5.74, 6) is 0. The summed E-state index contributed by atoms with van der Waals surface area (Å²) < 4.78 is 2.42. The molecule has 6 aromatic carbocycles. The first-order chi connectivity index (χ1) is 17.9. The number of fused-ring (bicyclic) bond motifs is 5. The molecule has 170 valence electrons. The molecule has 1 heterocycles. The molecule has 0 atom stereocenters. The lowest BCUT2D eigenvalue weighted by molar-refractivity contribution is 1.18. The van der Waals surface area contributed by atoms with E-state index in [-0.39, 0.29) is 0 Å². The number of benzene rings is 6. The third-order valence-corrected chi connectivity index (χ3v) is 6.94. The molecule has 7 aromatic rings. The highest BCUT2D eigenvalue weighted by molar-refractivity contribution is 6.22. The molecule has 0 aliphatic carbocycles. The number of rotatable bonds is 4. The second-order valence-corrected chi connectivity index (χ2v) is 9.03. The van der Waals surface area contributed by atoms with E-state index in [9.17, 15) is 0 Å². The average molecular weight is 461 g/mol. The molecule has 0 saturated carbocycles. The quantitative estimate of drug-likeness (QED) is 0.254. The molecule has 0 fully saturated rings. The predicted octanol–water partition coefficient (Wildman–Crippen LogP) is 9.41. The molecule has 0 N–H and O–H groups in total. The molecule has 2 heteroatoms. The smallest absolute Gasteiger partial charge is 0.0640 e. The highest BCUT2D eigenvalue weighted by Crippen LogP contribution is 2.44. The van der Waals surface area contributed by atoms with Gasteiger partial charge in [0.05, 0.1) is 16.7 Å². The van der Waals surface area contributed by atoms with Crippen molar-refractivity contribution < 1.29 is 0 Å². The van der Waals surface area contributed by atoms with Gasteiger partial charge in [0.15, 0.2) is 0 Å². The van der Waals surface area contributed by atoms with E-state index < -0.39 is 0 Å². The second-order valence-electron chi connectivity index (χ2n) is 9.03. The highest BCUT2D eigenvalue weighted by Gasteiger charge is 2.20. The molecule has 0 unspecified atom stereocenters. The van der Waals surface area contributed by atoms with E-state index in [0.717, 1.165) is 22.7 Å². The topological polar surface area (TPSA) is 8.17 Å². The molecule has 7 rings (SSSR count). The summed E-state index contributed by atoms with van der Waals surface area (Å²) in [6, 6.07) is 51.9. The van der Waals surface area contributed by atoms with Gasteiger partial charge in [0.1, 0.15) is 0 Å². The van der Waals surface area contributed by atoms with Crippen LogP contribution in [-0.4, -0.2) is 4.57 Å². The minimum absolute atomic E-state index is 1.13. The summed E-state index contributed by atoms with van der Waals surface area (Å²) in [4.78, 5) is 2.37. The standard InChI is InChI=1S/C34H24N2/c1-4-14-26(15-5-1)35(27-16-6-2-7-17-27)32-22-12-13-25-23-24-30-29-20-10-11-21-31(29)36(34(30)33(25)32)28-18-8-3-9-19-28/h1-24H. The maximum atomic E-state index is 2.42. The average Bonchev–Trinajstić information content (AvgIpc) is 3.30. The van der Waals surface area contributed by atoms with Crippen LogP contribution in [0.1, 0.15) is 0 Å². The Morgan fingerprint density at radius 3 is 1.75 bits per heavy atom. The lowest BCUT2D eigenvalue weighted by atomic mass is 10.0. The van der Waals surface area contributed by atoms with Crippen LogP contribution in [0.15, 0.2) is 146 Å². The maximum absolute atomic E-state index is 2.42. The van der Waals surface area contributed by atoms with Gasteiger partial charge in [-0.15, -0.1) is 0 Å². The Morgan fingerprint density at radius 1 is 0.444 bits per heavy atom. The third kappa shape index (κ3) is 3.19. The Hall–Kier alpha value is -4.82. The minimum atomic E-state index is 1.13. The van der Waals surface area contributed by atoms with Crippen LogP contribution in [0.2, 0.25) is 0 Å². The molecule has 0 bridgehead atoms. The maximum Gasteiger partial charge on any atom is 0.0640 e. The Kier molecular flexibility index (Phi) is 4.82. The fourth-order valence-electron chi connectivity index (χ4n) is 5.42. The van der Waals surface area contributed by atoms with Crippen molar-refractivity contribution in [1.29, 1.82) is 0 Å². The van der Waals surface area contributed by atoms with Gasteiger partial charge >= 0.3 is 0 Å². The van der Waals surface area contributed by atoms with E-state index >= 15 is 0 Å². The van der Waals surface area contributed by atoms with Crippen LogP contribution >= 0.6 is 0 Å². The first kappa shape index (κ1) is 20.5. The van der Waals surface area contributed by atoms with Gasteiger partial charge in [-0.3, -0.25) is 0 Å². The van der Waals surface area contributed by atoms with Crippen molar-refractivity contribution in [3.05, 3.63) is 146 Å². The molecular weight excluding hydrogens is 436 g/mol. The summed E-state index contributed by atoms with van der Waals surface area (Å²) >= 11 is 0. The molecule has 0 radical (unpaired) electrons. The fraction of sp³-hybridized carbons (Fsp3) is 0. The Morgan fingerprint density at radius 2 is 1.06 bits per heavy atom. The number of para-hydroxylation sites is 4. The third-order valence-electron chi connectivity index (χ3n) is 6.94. The van der Waals surface area contributed by atoms with Crippen LogP contribution < -0.4 is 4.90 Å². The second kappa shape index (κ2) is 8.44. The Bertz CT molecular complexity index is 1780. The lowest BCUT2D eigenvalue weighted by Gasteiger charge is -2.27. The Labute approximate surface area is 210 Å². The van der Waals surface area contributed by atoms with Crippen molar-refractivity contribution in [1.82, 2.24) is 4.57 Å². The van der Waals surface area contributed by atoms with E-state index in [2.05, 4.69) is 155 Å². The van der Waals surface area contributed by atoms with Gasteiger partial charge in [0.2, 0.25) is 0 Å². The lowest BCUT2D eigenvalue weighted by Crippen LogP contribution is -2.10. The highest BCUT2D eigenvalue weighted by atomic mass is 15.1. The molecule has 0 amide bonds. The van der Waals surface area contributed by atoms with Gasteiger partial charge in [-0.2, -0.15) is 0 Å². The van der Waals surface area contributed by atoms with Crippen molar-refractivity contribution in [2.75, 3.05) is 4.90 Å². The summed E-state index contributed by atoms with van der Waals surface area (Å²) in [6.07, 6.45) is 0. The molecule has 0 aliphatic heterocycles. The number of hydrogen-bond donors (Lipinski definition) is 0. The van der Waals surface area contributed by atoms with Crippen LogP contribution in [0, 0.1) is 0 Å². The van der Waals surface area contributed by atoms with E-state index in [1.54, 1.807) is 0 Å². The number of aromatic nitrogens is 1. The first-order valence-corrected chi connectivity index (χ1v) is 12.3. The van der Waals surface area contributed by atoms with E-state index in [1.807, 2.05) is 0 Å². The van der Waals surface area contributed by atoms with E-state index in [0.29, 0.717) is 0 Å². The van der Waals surface area contributed by atoms with Crippen molar-refractivity contribution in [2.45, 2.75) is 0 Å². The fourth-order valence-corrected chi connectivity index (χ4v) is 5.42. The minimum Gasteiger partial charge on any atom is -0.310 e. The van der Waals surface area contributed by atoms with Gasteiger partial charge in [0, 0.05) is 33.2 Å². The van der Waals surface area contributed by atoms with Gasteiger partial charge in [-0.05, 0) is 53.9 Å².